The molecule has 0 spiro atoms. The Balaban J connectivity index is 2.21. The first-order valence-corrected chi connectivity index (χ1v) is 5.72. The Hall–Kier alpha value is -2.34. The SMILES string of the molecule is CCC#CCOC1=CC(=O)c2ccccc2C1=O. The molecule has 2 rings (SSSR count). The van der Waals surface area contributed by atoms with Crippen LogP contribution >= 0.6 is 0 Å². The van der Waals surface area contributed by atoms with Gasteiger partial charge in [0.1, 0.15) is 6.61 Å². The Labute approximate surface area is 105 Å². The van der Waals surface area contributed by atoms with Gasteiger partial charge in [-0.15, -0.1) is 5.92 Å². The summed E-state index contributed by atoms with van der Waals surface area (Å²) in [7, 11) is 0. The van der Waals surface area contributed by atoms with E-state index >= 15 is 0 Å². The summed E-state index contributed by atoms with van der Waals surface area (Å²) in [5.74, 6) is 5.21. The Morgan fingerprint density at radius 2 is 1.83 bits per heavy atom. The van der Waals surface area contributed by atoms with Crippen LogP contribution in [0.4, 0.5) is 0 Å². The molecule has 1 aliphatic rings. The third kappa shape index (κ3) is 2.33. The minimum absolute atomic E-state index is 0.0732. The van der Waals surface area contributed by atoms with Gasteiger partial charge in [-0.2, -0.15) is 0 Å². The topological polar surface area (TPSA) is 43.4 Å². The lowest BCUT2D eigenvalue weighted by Gasteiger charge is -2.14. The summed E-state index contributed by atoms with van der Waals surface area (Å²) >= 11 is 0. The van der Waals surface area contributed by atoms with Gasteiger partial charge in [0.05, 0.1) is 0 Å². The number of hydrogen-bond donors (Lipinski definition) is 0. The van der Waals surface area contributed by atoms with Gasteiger partial charge in [0, 0.05) is 23.6 Å². The number of fused-ring (bicyclic) bond motifs is 1. The van der Waals surface area contributed by atoms with Gasteiger partial charge in [-0.25, -0.2) is 0 Å². The monoisotopic (exact) mass is 240 g/mol. The lowest BCUT2D eigenvalue weighted by Crippen LogP contribution is -2.18. The van der Waals surface area contributed by atoms with Crippen molar-refractivity contribution >= 4 is 11.6 Å². The molecule has 0 amide bonds. The highest BCUT2D eigenvalue weighted by Gasteiger charge is 2.25. The molecule has 0 unspecified atom stereocenters. The van der Waals surface area contributed by atoms with Crippen LogP contribution < -0.4 is 0 Å². The molecule has 18 heavy (non-hydrogen) atoms. The van der Waals surface area contributed by atoms with Crippen molar-refractivity contribution in [3.8, 4) is 11.8 Å². The highest BCUT2D eigenvalue weighted by Crippen LogP contribution is 2.21. The molecule has 0 N–H and O–H groups in total. The fourth-order valence-electron chi connectivity index (χ4n) is 1.69. The normalized spacial score (nSPS) is 13.3. The van der Waals surface area contributed by atoms with Crippen LogP contribution in [0.3, 0.4) is 0 Å². The minimum Gasteiger partial charge on any atom is -0.477 e. The number of carbonyl (C=O) groups is 2. The van der Waals surface area contributed by atoms with Crippen LogP contribution in [0.2, 0.25) is 0 Å². The largest absolute Gasteiger partial charge is 0.477 e. The molecule has 0 saturated heterocycles. The number of ketones is 2. The Kier molecular flexibility index (Phi) is 3.59. The van der Waals surface area contributed by atoms with Gasteiger partial charge in [-0.3, -0.25) is 9.59 Å². The molecular formula is C15H12O3. The number of Topliss-reactive ketones (excluding diaryl/α,β-unsaturated/α-hetero) is 1. The zero-order valence-electron chi connectivity index (χ0n) is 10.0. The van der Waals surface area contributed by atoms with Gasteiger partial charge in [0.2, 0.25) is 5.78 Å². The van der Waals surface area contributed by atoms with Gasteiger partial charge in [0.15, 0.2) is 11.5 Å². The molecule has 0 fully saturated rings. The molecule has 0 heterocycles. The first-order chi connectivity index (χ1) is 8.74. The molecule has 3 heteroatoms. The molecule has 1 aliphatic carbocycles. The molecule has 90 valence electrons. The fraction of sp³-hybridized carbons (Fsp3) is 0.200. The van der Waals surface area contributed by atoms with E-state index in [1.165, 1.54) is 6.08 Å². The summed E-state index contributed by atoms with van der Waals surface area (Å²) in [4.78, 5) is 23.8. The number of carbonyl (C=O) groups excluding carboxylic acids is 2. The molecule has 0 bridgehead atoms. The van der Waals surface area contributed by atoms with Gasteiger partial charge >= 0.3 is 0 Å². The second kappa shape index (κ2) is 5.33. The third-order valence-corrected chi connectivity index (χ3v) is 2.52. The maximum Gasteiger partial charge on any atom is 0.228 e. The molecule has 0 aromatic heterocycles. The van der Waals surface area contributed by atoms with E-state index in [0.29, 0.717) is 11.1 Å². The molecule has 0 radical (unpaired) electrons. The van der Waals surface area contributed by atoms with E-state index in [4.69, 9.17) is 4.74 Å². The van der Waals surface area contributed by atoms with Crippen LogP contribution in [0.25, 0.3) is 0 Å². The average Bonchev–Trinajstić information content (AvgIpc) is 2.40. The zero-order valence-corrected chi connectivity index (χ0v) is 10.0. The standard InChI is InChI=1S/C15H12O3/c1-2-3-6-9-18-14-10-13(16)11-7-4-5-8-12(11)15(14)17/h4-5,7-8,10H,2,9H2,1H3. The van der Waals surface area contributed by atoms with E-state index in [1.807, 2.05) is 6.92 Å². The average molecular weight is 240 g/mol. The maximum absolute atomic E-state index is 12.0. The molecule has 1 aromatic carbocycles. The van der Waals surface area contributed by atoms with Crippen LogP contribution in [-0.4, -0.2) is 18.2 Å². The van der Waals surface area contributed by atoms with E-state index in [0.717, 1.165) is 6.42 Å². The van der Waals surface area contributed by atoms with Crippen LogP contribution in [0.15, 0.2) is 36.1 Å². The van der Waals surface area contributed by atoms with Crippen LogP contribution in [-0.2, 0) is 4.74 Å². The number of ether oxygens (including phenoxy) is 1. The lowest BCUT2D eigenvalue weighted by molar-refractivity contribution is 0.0903. The molecule has 0 aliphatic heterocycles. The predicted octanol–water partition coefficient (Wildman–Crippen LogP) is 2.38. The highest BCUT2D eigenvalue weighted by atomic mass is 16.5. The minimum atomic E-state index is -0.261. The first kappa shape index (κ1) is 12.1. The van der Waals surface area contributed by atoms with Gasteiger partial charge in [-0.05, 0) is 0 Å². The Morgan fingerprint density at radius 1 is 1.11 bits per heavy atom. The summed E-state index contributed by atoms with van der Waals surface area (Å²) in [6.07, 6.45) is 1.97. The fourth-order valence-corrected chi connectivity index (χ4v) is 1.69. The van der Waals surface area contributed by atoms with E-state index < -0.39 is 0 Å². The van der Waals surface area contributed by atoms with Crippen molar-refractivity contribution in [1.29, 1.82) is 0 Å². The van der Waals surface area contributed by atoms with Crippen molar-refractivity contribution in [2.45, 2.75) is 13.3 Å². The van der Waals surface area contributed by atoms with Crippen LogP contribution in [0, 0.1) is 11.8 Å². The van der Waals surface area contributed by atoms with Crippen molar-refractivity contribution in [2.75, 3.05) is 6.61 Å². The van der Waals surface area contributed by atoms with Crippen molar-refractivity contribution in [3.63, 3.8) is 0 Å². The second-order valence-electron chi connectivity index (χ2n) is 3.74. The van der Waals surface area contributed by atoms with Crippen molar-refractivity contribution in [1.82, 2.24) is 0 Å². The Bertz CT molecular complexity index is 585. The van der Waals surface area contributed by atoms with Gasteiger partial charge in [0.25, 0.3) is 0 Å². The number of rotatable bonds is 2. The van der Waals surface area contributed by atoms with Crippen molar-refractivity contribution < 1.29 is 14.3 Å². The second-order valence-corrected chi connectivity index (χ2v) is 3.74. The molecule has 1 aromatic rings. The van der Waals surface area contributed by atoms with Crippen LogP contribution in [0.5, 0.6) is 0 Å². The third-order valence-electron chi connectivity index (χ3n) is 2.52. The Morgan fingerprint density at radius 3 is 2.56 bits per heavy atom. The van der Waals surface area contributed by atoms with E-state index in [2.05, 4.69) is 11.8 Å². The molecule has 0 saturated carbocycles. The lowest BCUT2D eigenvalue weighted by atomic mass is 9.94. The quantitative estimate of drug-likeness (QED) is 0.745. The molecule has 0 atom stereocenters. The predicted molar refractivity (Wildman–Crippen MR) is 67.2 cm³/mol. The van der Waals surface area contributed by atoms with E-state index in [1.54, 1.807) is 24.3 Å². The number of benzene rings is 1. The zero-order chi connectivity index (χ0) is 13.0. The summed E-state index contributed by atoms with van der Waals surface area (Å²) < 4.78 is 5.24. The molecule has 3 nitrogen and oxygen atoms in total. The van der Waals surface area contributed by atoms with Crippen LogP contribution in [0.1, 0.15) is 34.1 Å². The van der Waals surface area contributed by atoms with E-state index in [-0.39, 0.29) is 23.9 Å². The first-order valence-electron chi connectivity index (χ1n) is 5.72. The van der Waals surface area contributed by atoms with Crippen molar-refractivity contribution in [3.05, 3.63) is 47.2 Å². The van der Waals surface area contributed by atoms with E-state index in [9.17, 15) is 9.59 Å². The number of allylic oxidation sites excluding steroid dienone is 2. The molecular weight excluding hydrogens is 228 g/mol. The smallest absolute Gasteiger partial charge is 0.228 e. The number of hydrogen-bond acceptors (Lipinski definition) is 3. The highest BCUT2D eigenvalue weighted by molar-refractivity contribution is 6.23. The summed E-state index contributed by atoms with van der Waals surface area (Å²) in [6, 6.07) is 6.73. The summed E-state index contributed by atoms with van der Waals surface area (Å²) in [5.41, 5.74) is 0.818. The summed E-state index contributed by atoms with van der Waals surface area (Å²) in [6.45, 7) is 2.05. The maximum atomic E-state index is 12.0. The van der Waals surface area contributed by atoms with Gasteiger partial charge < -0.3 is 4.74 Å². The van der Waals surface area contributed by atoms with Gasteiger partial charge in [-0.1, -0.05) is 37.1 Å². The summed E-state index contributed by atoms with van der Waals surface area (Å²) in [5, 5.41) is 0. The van der Waals surface area contributed by atoms with Crippen molar-refractivity contribution in [2.24, 2.45) is 0 Å².